The highest BCUT2D eigenvalue weighted by Gasteiger charge is 2.28. The van der Waals surface area contributed by atoms with Crippen LogP contribution in [0, 0.1) is 10.7 Å². The molecule has 1 aromatic carbocycles. The molecule has 174 valence electrons. The molecule has 0 aromatic heterocycles. The molecule has 0 saturated heterocycles. The molecule has 0 unspecified atom stereocenters. The SMILES string of the molecule is O=C(CCO)Nc1c(I)c(C(=O)NCCC(O)O)c(I)c(C(=O)NCCC(O)O)c1I. The highest BCUT2D eigenvalue weighted by atomic mass is 127. The van der Waals surface area contributed by atoms with Crippen molar-refractivity contribution in [1.29, 1.82) is 0 Å². The first kappa shape index (κ1) is 28.7. The summed E-state index contributed by atoms with van der Waals surface area (Å²) in [7, 11) is 0. The van der Waals surface area contributed by atoms with Crippen LogP contribution in [0.5, 0.6) is 0 Å². The van der Waals surface area contributed by atoms with Crippen molar-refractivity contribution in [3.05, 3.63) is 21.8 Å². The minimum Gasteiger partial charge on any atom is -0.396 e. The van der Waals surface area contributed by atoms with Gasteiger partial charge in [0.15, 0.2) is 12.6 Å². The fraction of sp³-hybridized carbons (Fsp3) is 0.471. The van der Waals surface area contributed by atoms with E-state index >= 15 is 0 Å². The van der Waals surface area contributed by atoms with Crippen molar-refractivity contribution >= 4 is 91.2 Å². The number of hydrogen-bond donors (Lipinski definition) is 8. The number of rotatable bonds is 11. The van der Waals surface area contributed by atoms with E-state index in [0.29, 0.717) is 10.7 Å². The van der Waals surface area contributed by atoms with Crippen molar-refractivity contribution < 1.29 is 39.9 Å². The van der Waals surface area contributed by atoms with Gasteiger partial charge in [-0.15, -0.1) is 0 Å². The van der Waals surface area contributed by atoms with Crippen molar-refractivity contribution in [2.24, 2.45) is 0 Å². The Bertz CT molecular complexity index is 767. The van der Waals surface area contributed by atoms with Crippen LogP contribution in [0.1, 0.15) is 40.0 Å². The van der Waals surface area contributed by atoms with Crippen LogP contribution in [0.4, 0.5) is 5.69 Å². The minimum atomic E-state index is -1.59. The summed E-state index contributed by atoms with van der Waals surface area (Å²) in [5, 5.41) is 52.5. The van der Waals surface area contributed by atoms with Crippen LogP contribution in [0.15, 0.2) is 0 Å². The van der Waals surface area contributed by atoms with Crippen molar-refractivity contribution in [2.45, 2.75) is 31.8 Å². The molecule has 0 spiro atoms. The van der Waals surface area contributed by atoms with E-state index in [4.69, 9.17) is 25.5 Å². The molecule has 0 radical (unpaired) electrons. The quantitative estimate of drug-likeness (QED) is 0.111. The smallest absolute Gasteiger partial charge is 0.253 e. The summed E-state index contributed by atoms with van der Waals surface area (Å²) in [6, 6.07) is 0. The van der Waals surface area contributed by atoms with E-state index in [9.17, 15) is 14.4 Å². The zero-order chi connectivity index (χ0) is 23.7. The van der Waals surface area contributed by atoms with Crippen LogP contribution < -0.4 is 16.0 Å². The van der Waals surface area contributed by atoms with E-state index in [1.165, 1.54) is 0 Å². The van der Waals surface area contributed by atoms with E-state index in [1.54, 1.807) is 0 Å². The molecule has 0 heterocycles. The summed E-state index contributed by atoms with van der Waals surface area (Å²) in [6.07, 6.45) is -3.55. The third kappa shape index (κ3) is 8.82. The molecule has 1 aromatic rings. The summed E-state index contributed by atoms with van der Waals surface area (Å²) in [6.45, 7) is -0.440. The minimum absolute atomic E-state index is 0.0310. The Balaban J connectivity index is 3.41. The lowest BCUT2D eigenvalue weighted by Crippen LogP contribution is -2.32. The van der Waals surface area contributed by atoms with Crippen molar-refractivity contribution in [3.63, 3.8) is 0 Å². The normalized spacial score (nSPS) is 11.0. The van der Waals surface area contributed by atoms with Crippen LogP contribution in [0.3, 0.4) is 0 Å². The molecule has 0 saturated carbocycles. The van der Waals surface area contributed by atoms with Crippen LogP contribution in [0.2, 0.25) is 0 Å². The number of aliphatic hydroxyl groups is 5. The Morgan fingerprint density at radius 3 is 1.55 bits per heavy atom. The molecule has 0 aliphatic carbocycles. The van der Waals surface area contributed by atoms with Crippen molar-refractivity contribution in [1.82, 2.24) is 10.6 Å². The van der Waals surface area contributed by atoms with E-state index in [1.807, 2.05) is 67.8 Å². The number of nitrogens with one attached hydrogen (secondary N) is 3. The molecule has 3 amide bonds. The largest absolute Gasteiger partial charge is 0.396 e. The Morgan fingerprint density at radius 2 is 1.19 bits per heavy atom. The number of halogens is 3. The van der Waals surface area contributed by atoms with Gasteiger partial charge in [-0.05, 0) is 67.8 Å². The topological polar surface area (TPSA) is 188 Å². The second-order valence-electron chi connectivity index (χ2n) is 6.14. The summed E-state index contributed by atoms with van der Waals surface area (Å²) in [5.74, 6) is -1.67. The van der Waals surface area contributed by atoms with Crippen LogP contribution >= 0.6 is 67.8 Å². The first-order valence-corrected chi connectivity index (χ1v) is 12.1. The van der Waals surface area contributed by atoms with Gasteiger partial charge in [-0.1, -0.05) is 0 Å². The summed E-state index contributed by atoms with van der Waals surface area (Å²) < 4.78 is 1.03. The first-order chi connectivity index (χ1) is 14.5. The van der Waals surface area contributed by atoms with Crippen LogP contribution in [-0.4, -0.2) is 75.5 Å². The third-order valence-corrected chi connectivity index (χ3v) is 6.99. The van der Waals surface area contributed by atoms with Gasteiger partial charge in [-0.25, -0.2) is 0 Å². The molecule has 0 atom stereocenters. The Hall–Kier alpha value is -0.380. The molecule has 0 aliphatic heterocycles. The third-order valence-electron chi connectivity index (χ3n) is 3.75. The van der Waals surface area contributed by atoms with Crippen molar-refractivity contribution in [2.75, 3.05) is 25.0 Å². The standard InChI is InChI=1S/C17H22I3N3O8/c18-12-10(16(30)21-4-1-8(26)27)13(19)15(23-7(25)3-6-24)14(20)11(12)17(31)22-5-2-9(28)29/h8-9,24,26-29H,1-6H2,(H,21,30)(H,22,31)(H,23,25). The van der Waals surface area contributed by atoms with Gasteiger partial charge in [-0.2, -0.15) is 0 Å². The van der Waals surface area contributed by atoms with Crippen LogP contribution in [0.25, 0.3) is 0 Å². The fourth-order valence-corrected chi connectivity index (χ4v) is 6.70. The lowest BCUT2D eigenvalue weighted by atomic mass is 10.1. The number of aliphatic hydroxyl groups excluding tert-OH is 3. The van der Waals surface area contributed by atoms with Gasteiger partial charge in [0, 0.05) is 29.5 Å². The summed E-state index contributed by atoms with van der Waals surface area (Å²) in [4.78, 5) is 37.6. The lowest BCUT2D eigenvalue weighted by Gasteiger charge is -2.19. The maximum atomic E-state index is 12.8. The molecule has 11 nitrogen and oxygen atoms in total. The van der Waals surface area contributed by atoms with Crippen LogP contribution in [-0.2, 0) is 4.79 Å². The summed E-state index contributed by atoms with van der Waals surface area (Å²) >= 11 is 5.57. The molecule has 14 heteroatoms. The second-order valence-corrected chi connectivity index (χ2v) is 9.38. The van der Waals surface area contributed by atoms with E-state index in [0.717, 1.165) is 0 Å². The highest BCUT2D eigenvalue weighted by Crippen LogP contribution is 2.36. The summed E-state index contributed by atoms with van der Waals surface area (Å²) in [5.41, 5.74) is 0.445. The van der Waals surface area contributed by atoms with Gasteiger partial charge in [0.05, 0.1) is 37.0 Å². The molecular formula is C17H22I3N3O8. The Morgan fingerprint density at radius 1 is 0.774 bits per heavy atom. The number of carbonyl (C=O) groups is 3. The average Bonchev–Trinajstić information content (AvgIpc) is 2.65. The zero-order valence-electron chi connectivity index (χ0n) is 16.0. The fourth-order valence-electron chi connectivity index (χ4n) is 2.28. The average molecular weight is 777 g/mol. The van der Waals surface area contributed by atoms with E-state index in [-0.39, 0.29) is 55.8 Å². The molecular weight excluding hydrogens is 755 g/mol. The first-order valence-electron chi connectivity index (χ1n) is 8.91. The molecule has 31 heavy (non-hydrogen) atoms. The molecule has 8 N–H and O–H groups in total. The lowest BCUT2D eigenvalue weighted by molar-refractivity contribution is -0.116. The van der Waals surface area contributed by atoms with Gasteiger partial charge < -0.3 is 41.5 Å². The predicted octanol–water partition coefficient (Wildman–Crippen LogP) is -0.318. The Labute approximate surface area is 218 Å². The number of anilines is 1. The molecule has 0 bridgehead atoms. The number of benzene rings is 1. The molecule has 0 aliphatic rings. The number of hydrogen-bond acceptors (Lipinski definition) is 8. The van der Waals surface area contributed by atoms with Crippen molar-refractivity contribution in [3.8, 4) is 0 Å². The van der Waals surface area contributed by atoms with E-state index < -0.39 is 30.3 Å². The predicted molar refractivity (Wildman–Crippen MR) is 135 cm³/mol. The monoisotopic (exact) mass is 777 g/mol. The maximum absolute atomic E-state index is 12.8. The van der Waals surface area contributed by atoms with Gasteiger partial charge in [0.25, 0.3) is 11.8 Å². The van der Waals surface area contributed by atoms with Gasteiger partial charge in [-0.3, -0.25) is 14.4 Å². The van der Waals surface area contributed by atoms with Gasteiger partial charge in [0.2, 0.25) is 5.91 Å². The second kappa shape index (κ2) is 14.0. The molecule has 1 rings (SSSR count). The number of carbonyl (C=O) groups excluding carboxylic acids is 3. The van der Waals surface area contributed by atoms with E-state index in [2.05, 4.69) is 16.0 Å². The highest BCUT2D eigenvalue weighted by molar-refractivity contribution is 14.1. The van der Waals surface area contributed by atoms with Gasteiger partial charge >= 0.3 is 0 Å². The molecule has 0 fully saturated rings. The van der Waals surface area contributed by atoms with Gasteiger partial charge in [0.1, 0.15) is 0 Å². The maximum Gasteiger partial charge on any atom is 0.253 e. The number of amides is 3. The zero-order valence-corrected chi connectivity index (χ0v) is 22.5. The Kier molecular flexibility index (Phi) is 12.9.